The van der Waals surface area contributed by atoms with Gasteiger partial charge in [0.1, 0.15) is 18.0 Å². The third-order valence-corrected chi connectivity index (χ3v) is 5.64. The number of nitro groups is 1. The Bertz CT molecular complexity index is 1300. The zero-order chi connectivity index (χ0) is 26.1. The fourth-order valence-electron chi connectivity index (χ4n) is 3.31. The van der Waals surface area contributed by atoms with E-state index in [2.05, 4.69) is 33.1 Å². The Balaban J connectivity index is 2.10. The van der Waals surface area contributed by atoms with E-state index >= 15 is 0 Å². The zero-order valence-corrected chi connectivity index (χ0v) is 20.8. The smallest absolute Gasteiger partial charge is 0.270 e. The van der Waals surface area contributed by atoms with Crippen molar-refractivity contribution in [3.63, 3.8) is 0 Å². The lowest BCUT2D eigenvalue weighted by atomic mass is 10.2. The first-order valence-electron chi connectivity index (χ1n) is 10.9. The van der Waals surface area contributed by atoms with Crippen LogP contribution in [0.25, 0.3) is 10.9 Å². The molecular weight excluding hydrogens is 484 g/mol. The van der Waals surface area contributed by atoms with Crippen molar-refractivity contribution in [2.24, 2.45) is 10.2 Å². The summed E-state index contributed by atoms with van der Waals surface area (Å²) in [5, 5.41) is 23.5. The largest absolute Gasteiger partial charge is 0.489 e. The number of methoxy groups -OCH3 is 1. The number of fused-ring (bicyclic) bond motifs is 1. The van der Waals surface area contributed by atoms with E-state index in [9.17, 15) is 14.9 Å². The lowest BCUT2D eigenvalue weighted by Gasteiger charge is -2.25. The first-order chi connectivity index (χ1) is 17.4. The summed E-state index contributed by atoms with van der Waals surface area (Å²) in [7, 11) is 1.58. The molecule has 0 saturated heterocycles. The minimum atomic E-state index is -0.479. The van der Waals surface area contributed by atoms with Gasteiger partial charge in [-0.1, -0.05) is 12.2 Å². The van der Waals surface area contributed by atoms with Crippen molar-refractivity contribution in [3.8, 4) is 5.75 Å². The highest BCUT2D eigenvalue weighted by molar-refractivity contribution is 7.11. The van der Waals surface area contributed by atoms with Crippen LogP contribution in [-0.4, -0.2) is 48.6 Å². The molecule has 188 valence electrons. The molecule has 3 aromatic rings. The van der Waals surface area contributed by atoms with Gasteiger partial charge in [-0.05, 0) is 23.7 Å². The SMILES string of the molecule is C=CCN(CC=C)c1cc(NC(C)=O)c(N=Nc2snc3ccc([N+](=O)[O-])cc23)cc1OCCOC. The Kier molecular flexibility index (Phi) is 9.19. The summed E-state index contributed by atoms with van der Waals surface area (Å²) in [6, 6.07) is 7.78. The summed E-state index contributed by atoms with van der Waals surface area (Å²) in [4.78, 5) is 24.6. The lowest BCUT2D eigenvalue weighted by Crippen LogP contribution is -2.24. The van der Waals surface area contributed by atoms with E-state index in [0.717, 1.165) is 11.5 Å². The first-order valence-corrected chi connectivity index (χ1v) is 11.6. The molecule has 0 bridgehead atoms. The molecule has 0 aliphatic rings. The molecule has 0 radical (unpaired) electrons. The van der Waals surface area contributed by atoms with Crippen LogP contribution in [0.2, 0.25) is 0 Å². The molecule has 0 atom stereocenters. The average Bonchev–Trinajstić information content (AvgIpc) is 3.25. The van der Waals surface area contributed by atoms with E-state index in [-0.39, 0.29) is 11.6 Å². The van der Waals surface area contributed by atoms with Gasteiger partial charge in [-0.3, -0.25) is 14.9 Å². The Morgan fingerprint density at radius 1 is 1.22 bits per heavy atom. The van der Waals surface area contributed by atoms with Crippen LogP contribution >= 0.6 is 11.5 Å². The average molecular weight is 511 g/mol. The van der Waals surface area contributed by atoms with Crippen molar-refractivity contribution >= 4 is 56.1 Å². The maximum Gasteiger partial charge on any atom is 0.270 e. The van der Waals surface area contributed by atoms with Crippen molar-refractivity contribution in [2.75, 3.05) is 43.6 Å². The van der Waals surface area contributed by atoms with Crippen molar-refractivity contribution in [1.82, 2.24) is 4.37 Å². The molecule has 1 N–H and O–H groups in total. The number of carbonyl (C=O) groups is 1. The van der Waals surface area contributed by atoms with Crippen LogP contribution in [0.3, 0.4) is 0 Å². The Labute approximate surface area is 212 Å². The molecule has 0 aliphatic carbocycles. The van der Waals surface area contributed by atoms with E-state index in [4.69, 9.17) is 9.47 Å². The molecule has 1 aromatic heterocycles. The second kappa shape index (κ2) is 12.5. The quantitative estimate of drug-likeness (QED) is 0.101. The number of non-ortho nitro benzene ring substituents is 1. The van der Waals surface area contributed by atoms with Gasteiger partial charge >= 0.3 is 0 Å². The van der Waals surface area contributed by atoms with Crippen LogP contribution in [0.5, 0.6) is 5.75 Å². The molecule has 12 heteroatoms. The first kappa shape index (κ1) is 26.4. The summed E-state index contributed by atoms with van der Waals surface area (Å²) >= 11 is 1.07. The van der Waals surface area contributed by atoms with E-state index in [1.807, 2.05) is 4.90 Å². The van der Waals surface area contributed by atoms with Gasteiger partial charge in [0.05, 0.1) is 28.4 Å². The highest BCUT2D eigenvalue weighted by Crippen LogP contribution is 2.41. The van der Waals surface area contributed by atoms with Crippen molar-refractivity contribution in [1.29, 1.82) is 0 Å². The monoisotopic (exact) mass is 510 g/mol. The number of nitrogens with zero attached hydrogens (tertiary/aromatic N) is 5. The fraction of sp³-hybridized carbons (Fsp3) is 0.250. The lowest BCUT2D eigenvalue weighted by molar-refractivity contribution is -0.384. The molecule has 2 aromatic carbocycles. The number of azo groups is 1. The minimum Gasteiger partial charge on any atom is -0.489 e. The van der Waals surface area contributed by atoms with E-state index in [1.54, 1.807) is 37.5 Å². The second-order valence-electron chi connectivity index (χ2n) is 7.49. The molecule has 0 aliphatic heterocycles. The van der Waals surface area contributed by atoms with Crippen LogP contribution in [0, 0.1) is 10.1 Å². The summed E-state index contributed by atoms with van der Waals surface area (Å²) < 4.78 is 15.4. The topological polar surface area (TPSA) is 132 Å². The van der Waals surface area contributed by atoms with Gasteiger partial charge < -0.3 is 19.7 Å². The van der Waals surface area contributed by atoms with Crippen LogP contribution < -0.4 is 15.0 Å². The third kappa shape index (κ3) is 6.49. The number of hydrogen-bond donors (Lipinski definition) is 1. The van der Waals surface area contributed by atoms with Crippen molar-refractivity contribution < 1.29 is 19.2 Å². The van der Waals surface area contributed by atoms with Crippen LogP contribution in [0.4, 0.5) is 27.8 Å². The predicted octanol–water partition coefficient (Wildman–Crippen LogP) is 5.78. The maximum absolute atomic E-state index is 12.0. The molecule has 0 spiro atoms. The van der Waals surface area contributed by atoms with Crippen molar-refractivity contribution in [2.45, 2.75) is 6.92 Å². The van der Waals surface area contributed by atoms with Gasteiger partial charge in [0, 0.05) is 50.7 Å². The van der Waals surface area contributed by atoms with Crippen LogP contribution in [0.15, 0.2) is 65.9 Å². The second-order valence-corrected chi connectivity index (χ2v) is 8.24. The minimum absolute atomic E-state index is 0.0687. The zero-order valence-electron chi connectivity index (χ0n) is 20.0. The molecule has 0 saturated carbocycles. The molecule has 0 unspecified atom stereocenters. The van der Waals surface area contributed by atoms with Crippen LogP contribution in [-0.2, 0) is 9.53 Å². The van der Waals surface area contributed by atoms with Gasteiger partial charge in [0.2, 0.25) is 5.91 Å². The van der Waals surface area contributed by atoms with Gasteiger partial charge in [-0.25, -0.2) is 0 Å². The molecule has 3 rings (SSSR count). The van der Waals surface area contributed by atoms with E-state index in [1.165, 1.54) is 19.1 Å². The number of aromatic nitrogens is 1. The van der Waals surface area contributed by atoms with Gasteiger partial charge in [0.25, 0.3) is 5.69 Å². The normalized spacial score (nSPS) is 10.9. The van der Waals surface area contributed by atoms with Gasteiger partial charge in [-0.15, -0.1) is 23.4 Å². The molecule has 1 amide bonds. The number of nitro benzene ring substituents is 1. The fourth-order valence-corrected chi connectivity index (χ4v) is 4.00. The number of nitrogens with one attached hydrogen (secondary N) is 1. The van der Waals surface area contributed by atoms with Crippen LogP contribution in [0.1, 0.15) is 6.92 Å². The number of benzene rings is 2. The number of hydrogen-bond acceptors (Lipinski definition) is 10. The highest BCUT2D eigenvalue weighted by atomic mass is 32.1. The van der Waals surface area contributed by atoms with E-state index < -0.39 is 4.92 Å². The highest BCUT2D eigenvalue weighted by Gasteiger charge is 2.18. The summed E-state index contributed by atoms with van der Waals surface area (Å²) in [5.74, 6) is 0.215. The van der Waals surface area contributed by atoms with Gasteiger partial charge in [0.15, 0.2) is 5.00 Å². The summed E-state index contributed by atoms with van der Waals surface area (Å²) in [6.07, 6.45) is 3.50. The third-order valence-electron chi connectivity index (χ3n) is 4.87. The van der Waals surface area contributed by atoms with Gasteiger partial charge in [-0.2, -0.15) is 4.37 Å². The molecule has 36 heavy (non-hydrogen) atoms. The number of anilines is 2. The summed E-state index contributed by atoms with van der Waals surface area (Å²) in [5.41, 5.74) is 1.96. The summed E-state index contributed by atoms with van der Waals surface area (Å²) in [6.45, 7) is 10.7. The molecular formula is C24H26N6O5S. The Morgan fingerprint density at radius 2 is 1.97 bits per heavy atom. The molecule has 1 heterocycles. The Hall–Kier alpha value is -4.16. The predicted molar refractivity (Wildman–Crippen MR) is 141 cm³/mol. The van der Waals surface area contributed by atoms with E-state index in [0.29, 0.717) is 65.0 Å². The molecule has 11 nitrogen and oxygen atoms in total. The molecule has 0 fully saturated rings. The van der Waals surface area contributed by atoms with Crippen molar-refractivity contribution in [3.05, 3.63) is 65.8 Å². The number of rotatable bonds is 13. The Morgan fingerprint density at radius 3 is 2.61 bits per heavy atom. The standard InChI is InChI=1S/C24H26N6O5S/c1-5-9-29(10-6-2)22-14-20(25-16(3)31)21(15-23(22)35-12-11-34-4)26-27-24-18-13-17(30(32)33)7-8-19(18)28-36-24/h5-8,13-15H,1-2,9-12H2,3-4H3,(H,25,31). The number of carbonyl (C=O) groups excluding carboxylic acids is 1. The maximum atomic E-state index is 12.0. The number of amides is 1. The number of ether oxygens (including phenoxy) is 2.